The zero-order chi connectivity index (χ0) is 26.1. The number of hydrogen-bond donors (Lipinski definition) is 1. The molecule has 37 heavy (non-hydrogen) atoms. The van der Waals surface area contributed by atoms with Crippen molar-refractivity contribution in [2.45, 2.75) is 6.92 Å². The van der Waals surface area contributed by atoms with Gasteiger partial charge in [-0.2, -0.15) is 5.10 Å². The first-order valence-corrected chi connectivity index (χ1v) is 12.9. The monoisotopic (exact) mass is 578 g/mol. The minimum Gasteiger partial charge on any atom is -0.493 e. The molecule has 1 aliphatic heterocycles. The fourth-order valence-corrected chi connectivity index (χ4v) is 5.17. The van der Waals surface area contributed by atoms with Crippen LogP contribution in [0.2, 0.25) is 0 Å². The van der Waals surface area contributed by atoms with Crippen molar-refractivity contribution >= 4 is 50.3 Å². The average molecular weight is 579 g/mol. The molecule has 0 unspecified atom stereocenters. The van der Waals surface area contributed by atoms with Crippen LogP contribution in [0, 0.1) is 6.92 Å². The van der Waals surface area contributed by atoms with Gasteiger partial charge in [0.05, 0.1) is 38.4 Å². The first-order chi connectivity index (χ1) is 17.9. The van der Waals surface area contributed by atoms with Crippen LogP contribution < -0.4 is 24.3 Å². The summed E-state index contributed by atoms with van der Waals surface area (Å²) in [5, 5.41) is 9.65. The number of halogens is 1. The van der Waals surface area contributed by atoms with Gasteiger partial charge in [0, 0.05) is 21.0 Å². The van der Waals surface area contributed by atoms with Gasteiger partial charge in [0.15, 0.2) is 17.2 Å². The van der Waals surface area contributed by atoms with Crippen LogP contribution in [0.1, 0.15) is 11.1 Å². The Morgan fingerprint density at radius 3 is 2.30 bits per heavy atom. The summed E-state index contributed by atoms with van der Waals surface area (Å²) in [5.74, 6) is 1.21. The Bertz CT molecular complexity index is 1580. The van der Waals surface area contributed by atoms with Crippen molar-refractivity contribution in [3.8, 4) is 28.5 Å². The van der Waals surface area contributed by atoms with Gasteiger partial charge in [-0.3, -0.25) is 4.79 Å². The molecule has 0 saturated carbocycles. The molecule has 0 radical (unpaired) electrons. The standard InChI is InChI=1S/C27H23BrN4O4S/c1-15-5-8-18(9-6-15)29-27-32(31-24-19-13-17(28)7-10-20(19)30-26(24)33)21(14-37-27)16-11-22(34-2)25(36-4)23(12-16)35-3/h5-14H,1-4H3,(H,30,31,33). The Balaban J connectivity index is 1.76. The fourth-order valence-electron chi connectivity index (χ4n) is 3.96. The minimum absolute atomic E-state index is 0.286. The second-order valence-corrected chi connectivity index (χ2v) is 9.92. The van der Waals surface area contributed by atoms with Crippen molar-refractivity contribution in [1.82, 2.24) is 4.68 Å². The Labute approximate surface area is 226 Å². The number of carbonyl (C=O) groups excluding carboxylic acids is 1. The second-order valence-electron chi connectivity index (χ2n) is 8.17. The molecule has 0 spiro atoms. The molecule has 0 aliphatic carbocycles. The van der Waals surface area contributed by atoms with E-state index in [1.165, 1.54) is 11.3 Å². The van der Waals surface area contributed by atoms with Crippen LogP contribution in [-0.4, -0.2) is 37.6 Å². The van der Waals surface area contributed by atoms with E-state index in [4.69, 9.17) is 24.3 Å². The van der Waals surface area contributed by atoms with E-state index in [0.29, 0.717) is 39.0 Å². The second kappa shape index (κ2) is 10.2. The van der Waals surface area contributed by atoms with Gasteiger partial charge in [-0.25, -0.2) is 9.67 Å². The number of hydrogen-bond acceptors (Lipinski definition) is 7. The van der Waals surface area contributed by atoms with Gasteiger partial charge in [0.25, 0.3) is 5.91 Å². The fraction of sp³-hybridized carbons (Fsp3) is 0.148. The number of benzene rings is 3. The number of rotatable bonds is 6. The van der Waals surface area contributed by atoms with Crippen molar-refractivity contribution in [3.63, 3.8) is 0 Å². The topological polar surface area (TPSA) is 86.4 Å². The molecule has 1 aliphatic rings. The molecule has 2 heterocycles. The van der Waals surface area contributed by atoms with Crippen LogP contribution in [-0.2, 0) is 4.79 Å². The molecular weight excluding hydrogens is 556 g/mol. The SMILES string of the molecule is COc1cc(-c2csc(=Nc3ccc(C)cc3)n2/N=C2/C(=O)Nc3ccc(Br)cc32)cc(OC)c1OC. The van der Waals surface area contributed by atoms with Crippen molar-refractivity contribution < 1.29 is 19.0 Å². The van der Waals surface area contributed by atoms with Crippen molar-refractivity contribution in [2.75, 3.05) is 26.6 Å². The predicted octanol–water partition coefficient (Wildman–Crippen LogP) is 5.75. The molecule has 1 N–H and O–H groups in total. The van der Waals surface area contributed by atoms with E-state index in [2.05, 4.69) is 21.2 Å². The van der Waals surface area contributed by atoms with Gasteiger partial charge in [-0.1, -0.05) is 33.6 Å². The summed E-state index contributed by atoms with van der Waals surface area (Å²) in [7, 11) is 4.70. The zero-order valence-corrected chi connectivity index (χ0v) is 22.9. The van der Waals surface area contributed by atoms with Gasteiger partial charge in [-0.05, 0) is 49.4 Å². The minimum atomic E-state index is -0.288. The Morgan fingerprint density at radius 2 is 1.65 bits per heavy atom. The Hall–Kier alpha value is -3.89. The number of aryl methyl sites for hydroxylation is 1. The average Bonchev–Trinajstić information content (AvgIpc) is 3.44. The van der Waals surface area contributed by atoms with Gasteiger partial charge >= 0.3 is 0 Å². The van der Waals surface area contributed by atoms with Crippen LogP contribution in [0.25, 0.3) is 11.3 Å². The third-order valence-electron chi connectivity index (χ3n) is 5.80. The molecule has 10 heteroatoms. The van der Waals surface area contributed by atoms with Gasteiger partial charge < -0.3 is 19.5 Å². The molecule has 0 atom stereocenters. The molecule has 5 rings (SSSR count). The van der Waals surface area contributed by atoms with Gasteiger partial charge in [0.2, 0.25) is 10.6 Å². The van der Waals surface area contributed by atoms with Crippen LogP contribution in [0.4, 0.5) is 11.4 Å². The molecule has 4 aromatic rings. The largest absolute Gasteiger partial charge is 0.493 e. The summed E-state index contributed by atoms with van der Waals surface area (Å²) in [6.45, 7) is 2.03. The van der Waals surface area contributed by atoms with E-state index < -0.39 is 0 Å². The number of aromatic nitrogens is 1. The highest BCUT2D eigenvalue weighted by molar-refractivity contribution is 9.10. The number of thiazole rings is 1. The van der Waals surface area contributed by atoms with E-state index >= 15 is 0 Å². The molecule has 3 aromatic carbocycles. The lowest BCUT2D eigenvalue weighted by molar-refractivity contribution is -0.110. The maximum absolute atomic E-state index is 13.0. The lowest BCUT2D eigenvalue weighted by Gasteiger charge is -2.14. The highest BCUT2D eigenvalue weighted by Gasteiger charge is 2.27. The highest BCUT2D eigenvalue weighted by atomic mass is 79.9. The number of ether oxygens (including phenoxy) is 3. The molecule has 0 bridgehead atoms. The van der Waals surface area contributed by atoms with E-state index in [1.807, 2.05) is 66.9 Å². The normalized spacial score (nSPS) is 14.0. The third-order valence-corrected chi connectivity index (χ3v) is 7.11. The lowest BCUT2D eigenvalue weighted by Crippen LogP contribution is -2.20. The predicted molar refractivity (Wildman–Crippen MR) is 149 cm³/mol. The molecule has 1 aromatic heterocycles. The Kier molecular flexibility index (Phi) is 6.86. The van der Waals surface area contributed by atoms with Crippen LogP contribution in [0.15, 0.2) is 74.5 Å². The highest BCUT2D eigenvalue weighted by Crippen LogP contribution is 2.41. The van der Waals surface area contributed by atoms with E-state index in [-0.39, 0.29) is 11.6 Å². The van der Waals surface area contributed by atoms with E-state index in [1.54, 1.807) is 26.0 Å². The van der Waals surface area contributed by atoms with Crippen LogP contribution >= 0.6 is 27.3 Å². The van der Waals surface area contributed by atoms with Crippen molar-refractivity contribution in [2.24, 2.45) is 10.1 Å². The number of nitrogens with one attached hydrogen (secondary N) is 1. The van der Waals surface area contributed by atoms with Crippen molar-refractivity contribution in [1.29, 1.82) is 0 Å². The maximum Gasteiger partial charge on any atom is 0.276 e. The number of amides is 1. The zero-order valence-electron chi connectivity index (χ0n) is 20.5. The van der Waals surface area contributed by atoms with Crippen LogP contribution in [0.3, 0.4) is 0 Å². The number of fused-ring (bicyclic) bond motifs is 1. The summed E-state index contributed by atoms with van der Waals surface area (Å²) in [6.07, 6.45) is 0. The molecule has 8 nitrogen and oxygen atoms in total. The first-order valence-electron chi connectivity index (χ1n) is 11.2. The smallest absolute Gasteiger partial charge is 0.276 e. The summed E-state index contributed by atoms with van der Waals surface area (Å²) >= 11 is 4.91. The summed E-state index contributed by atoms with van der Waals surface area (Å²) in [6, 6.07) is 17.2. The number of nitrogens with zero attached hydrogens (tertiary/aromatic N) is 3. The molecule has 0 fully saturated rings. The third kappa shape index (κ3) is 4.77. The maximum atomic E-state index is 13.0. The van der Waals surface area contributed by atoms with Crippen LogP contribution in [0.5, 0.6) is 17.2 Å². The number of carbonyl (C=O) groups is 1. The summed E-state index contributed by atoms with van der Waals surface area (Å²) < 4.78 is 19.1. The quantitative estimate of drug-likeness (QED) is 0.315. The van der Waals surface area contributed by atoms with Crippen molar-refractivity contribution in [3.05, 3.63) is 80.4 Å². The Morgan fingerprint density at radius 1 is 0.946 bits per heavy atom. The van der Waals surface area contributed by atoms with Gasteiger partial charge in [0.1, 0.15) is 0 Å². The van der Waals surface area contributed by atoms with E-state index in [0.717, 1.165) is 21.3 Å². The summed E-state index contributed by atoms with van der Waals surface area (Å²) in [4.78, 5) is 18.4. The van der Waals surface area contributed by atoms with E-state index in [9.17, 15) is 4.79 Å². The molecule has 0 saturated heterocycles. The molecule has 1 amide bonds. The number of methoxy groups -OCH3 is 3. The molecule has 188 valence electrons. The lowest BCUT2D eigenvalue weighted by atomic mass is 10.1. The number of anilines is 1. The summed E-state index contributed by atoms with van der Waals surface area (Å²) in [5.41, 5.74) is 5.07. The first kappa shape index (κ1) is 24.8. The molecular formula is C27H23BrN4O4S. The van der Waals surface area contributed by atoms with Gasteiger partial charge in [-0.15, -0.1) is 11.3 Å².